The Kier molecular flexibility index (Phi) is 3.55. The Balaban J connectivity index is 2.36. The van der Waals surface area contributed by atoms with Gasteiger partial charge in [0.2, 0.25) is 0 Å². The van der Waals surface area contributed by atoms with Crippen LogP contribution in [0.3, 0.4) is 0 Å². The van der Waals surface area contributed by atoms with Gasteiger partial charge in [-0.25, -0.2) is 0 Å². The number of aromatic hydroxyl groups is 1. The van der Waals surface area contributed by atoms with E-state index in [0.29, 0.717) is 11.6 Å². The highest BCUT2D eigenvalue weighted by molar-refractivity contribution is 6.31. The largest absolute Gasteiger partial charge is 0.507 e. The van der Waals surface area contributed by atoms with Crippen molar-refractivity contribution in [3.05, 3.63) is 47.5 Å². The van der Waals surface area contributed by atoms with Gasteiger partial charge in [0.05, 0.1) is 6.61 Å². The third-order valence-corrected chi connectivity index (χ3v) is 2.67. The molecule has 0 radical (unpaired) electrons. The molecule has 0 aromatic heterocycles. The number of halogens is 1. The molecule has 0 fully saturated rings. The van der Waals surface area contributed by atoms with E-state index < -0.39 is 0 Å². The molecule has 17 heavy (non-hydrogen) atoms. The molecule has 0 saturated carbocycles. The van der Waals surface area contributed by atoms with Crippen LogP contribution in [0, 0.1) is 0 Å². The van der Waals surface area contributed by atoms with Crippen molar-refractivity contribution in [1.29, 1.82) is 0 Å². The molecule has 0 aliphatic heterocycles. The molecule has 88 valence electrons. The van der Waals surface area contributed by atoms with E-state index in [4.69, 9.17) is 16.3 Å². The molecule has 1 N–H and O–H groups in total. The van der Waals surface area contributed by atoms with Gasteiger partial charge in [0.1, 0.15) is 11.5 Å². The Bertz CT molecular complexity index is 506. The number of hydrogen-bond acceptors (Lipinski definition) is 2. The van der Waals surface area contributed by atoms with Crippen molar-refractivity contribution >= 4 is 11.6 Å². The molecule has 0 bridgehead atoms. The molecule has 0 saturated heterocycles. The van der Waals surface area contributed by atoms with Gasteiger partial charge in [0, 0.05) is 10.6 Å². The van der Waals surface area contributed by atoms with Gasteiger partial charge >= 0.3 is 0 Å². The highest BCUT2D eigenvalue weighted by Gasteiger charge is 2.05. The topological polar surface area (TPSA) is 29.5 Å². The maximum absolute atomic E-state index is 9.77. The van der Waals surface area contributed by atoms with Gasteiger partial charge in [-0.05, 0) is 42.8 Å². The van der Waals surface area contributed by atoms with Crippen LogP contribution in [0.25, 0.3) is 11.1 Å². The number of phenolic OH excluding ortho intramolecular Hbond substituents is 1. The predicted octanol–water partition coefficient (Wildman–Crippen LogP) is 4.11. The van der Waals surface area contributed by atoms with E-state index in [0.717, 1.165) is 16.9 Å². The van der Waals surface area contributed by atoms with Crippen LogP contribution in [0.5, 0.6) is 11.5 Å². The monoisotopic (exact) mass is 248 g/mol. The van der Waals surface area contributed by atoms with E-state index in [1.165, 1.54) is 0 Å². The minimum absolute atomic E-state index is 0.221. The summed E-state index contributed by atoms with van der Waals surface area (Å²) in [5, 5.41) is 10.4. The third kappa shape index (κ3) is 2.71. The second kappa shape index (κ2) is 5.11. The molecule has 0 unspecified atom stereocenters. The lowest BCUT2D eigenvalue weighted by Crippen LogP contribution is -1.90. The van der Waals surface area contributed by atoms with Crippen molar-refractivity contribution in [2.24, 2.45) is 0 Å². The Hall–Kier alpha value is -1.67. The van der Waals surface area contributed by atoms with E-state index in [1.807, 2.05) is 31.2 Å². The van der Waals surface area contributed by atoms with Gasteiger partial charge in [-0.2, -0.15) is 0 Å². The van der Waals surface area contributed by atoms with Crippen LogP contribution < -0.4 is 4.74 Å². The first kappa shape index (κ1) is 11.8. The first-order valence-electron chi connectivity index (χ1n) is 5.42. The number of ether oxygens (including phenoxy) is 1. The van der Waals surface area contributed by atoms with Crippen LogP contribution in [0.2, 0.25) is 5.02 Å². The molecule has 2 aromatic rings. The highest BCUT2D eigenvalue weighted by Crippen LogP contribution is 2.32. The maximum atomic E-state index is 9.77. The van der Waals surface area contributed by atoms with Crippen LogP contribution in [0.15, 0.2) is 42.5 Å². The van der Waals surface area contributed by atoms with Crippen LogP contribution in [0.1, 0.15) is 6.92 Å². The number of benzene rings is 2. The molecular formula is C14H13ClO2. The summed E-state index contributed by atoms with van der Waals surface area (Å²) in [6.07, 6.45) is 0. The normalized spacial score (nSPS) is 10.2. The lowest BCUT2D eigenvalue weighted by Gasteiger charge is -2.07. The van der Waals surface area contributed by atoms with Crippen LogP contribution in [-0.2, 0) is 0 Å². The first-order chi connectivity index (χ1) is 8.20. The Morgan fingerprint density at radius 3 is 2.47 bits per heavy atom. The molecular weight excluding hydrogens is 236 g/mol. The third-order valence-electron chi connectivity index (χ3n) is 2.43. The van der Waals surface area contributed by atoms with Gasteiger partial charge in [-0.15, -0.1) is 0 Å². The number of phenols is 1. The van der Waals surface area contributed by atoms with E-state index in [1.54, 1.807) is 18.2 Å². The van der Waals surface area contributed by atoms with Gasteiger partial charge in [0.15, 0.2) is 0 Å². The quantitative estimate of drug-likeness (QED) is 0.886. The van der Waals surface area contributed by atoms with E-state index >= 15 is 0 Å². The van der Waals surface area contributed by atoms with Crippen LogP contribution in [0.4, 0.5) is 0 Å². The fourth-order valence-electron chi connectivity index (χ4n) is 1.64. The average molecular weight is 249 g/mol. The average Bonchev–Trinajstić information content (AvgIpc) is 2.34. The first-order valence-corrected chi connectivity index (χ1v) is 5.80. The van der Waals surface area contributed by atoms with Gasteiger partial charge in [0.25, 0.3) is 0 Å². The zero-order valence-corrected chi connectivity index (χ0v) is 10.2. The summed E-state index contributed by atoms with van der Waals surface area (Å²) >= 11 is 5.91. The van der Waals surface area contributed by atoms with Crippen LogP contribution in [-0.4, -0.2) is 11.7 Å². The summed E-state index contributed by atoms with van der Waals surface area (Å²) < 4.78 is 5.36. The van der Waals surface area contributed by atoms with Crippen molar-refractivity contribution in [2.75, 3.05) is 6.61 Å². The Labute approximate surface area is 105 Å². The van der Waals surface area contributed by atoms with Crippen molar-refractivity contribution < 1.29 is 9.84 Å². The van der Waals surface area contributed by atoms with Crippen molar-refractivity contribution in [3.8, 4) is 22.6 Å². The number of hydrogen-bond donors (Lipinski definition) is 1. The van der Waals surface area contributed by atoms with E-state index in [-0.39, 0.29) is 5.75 Å². The second-order valence-corrected chi connectivity index (χ2v) is 4.06. The molecule has 3 heteroatoms. The highest BCUT2D eigenvalue weighted by atomic mass is 35.5. The summed E-state index contributed by atoms with van der Waals surface area (Å²) in [5.41, 5.74) is 1.63. The molecule has 0 amide bonds. The van der Waals surface area contributed by atoms with E-state index in [2.05, 4.69) is 0 Å². The summed E-state index contributed by atoms with van der Waals surface area (Å²) in [5.74, 6) is 1.04. The maximum Gasteiger partial charge on any atom is 0.123 e. The lowest BCUT2D eigenvalue weighted by atomic mass is 10.0. The van der Waals surface area contributed by atoms with Crippen LogP contribution >= 0.6 is 11.6 Å². The Morgan fingerprint density at radius 1 is 1.12 bits per heavy atom. The van der Waals surface area contributed by atoms with Gasteiger partial charge in [-0.3, -0.25) is 0 Å². The van der Waals surface area contributed by atoms with Crippen molar-refractivity contribution in [3.63, 3.8) is 0 Å². The summed E-state index contributed by atoms with van der Waals surface area (Å²) in [7, 11) is 0. The smallest absolute Gasteiger partial charge is 0.123 e. The molecule has 0 atom stereocenters. The number of rotatable bonds is 3. The van der Waals surface area contributed by atoms with Crippen molar-refractivity contribution in [2.45, 2.75) is 6.92 Å². The SMILES string of the molecule is CCOc1ccc(-c2cc(Cl)ccc2O)cc1. The zero-order valence-electron chi connectivity index (χ0n) is 9.48. The molecule has 0 heterocycles. The lowest BCUT2D eigenvalue weighted by molar-refractivity contribution is 0.340. The van der Waals surface area contributed by atoms with Gasteiger partial charge in [-0.1, -0.05) is 23.7 Å². The molecule has 0 aliphatic carbocycles. The minimum Gasteiger partial charge on any atom is -0.507 e. The fraction of sp³-hybridized carbons (Fsp3) is 0.143. The molecule has 0 aliphatic rings. The molecule has 2 nitrogen and oxygen atoms in total. The zero-order chi connectivity index (χ0) is 12.3. The van der Waals surface area contributed by atoms with Gasteiger partial charge < -0.3 is 9.84 Å². The predicted molar refractivity (Wildman–Crippen MR) is 69.7 cm³/mol. The van der Waals surface area contributed by atoms with E-state index in [9.17, 15) is 5.11 Å². The second-order valence-electron chi connectivity index (χ2n) is 3.62. The summed E-state index contributed by atoms with van der Waals surface area (Å²) in [4.78, 5) is 0. The molecule has 2 aromatic carbocycles. The fourth-order valence-corrected chi connectivity index (χ4v) is 1.81. The van der Waals surface area contributed by atoms with Crippen molar-refractivity contribution in [1.82, 2.24) is 0 Å². The summed E-state index contributed by atoms with van der Waals surface area (Å²) in [6, 6.07) is 12.5. The minimum atomic E-state index is 0.221. The Morgan fingerprint density at radius 2 is 1.82 bits per heavy atom. The molecule has 0 spiro atoms. The molecule has 2 rings (SSSR count). The summed E-state index contributed by atoms with van der Waals surface area (Å²) in [6.45, 7) is 2.58. The standard InChI is InChI=1S/C14H13ClO2/c1-2-17-12-6-3-10(4-7-12)13-9-11(15)5-8-14(13)16/h3-9,16H,2H2,1H3.